The van der Waals surface area contributed by atoms with Gasteiger partial charge in [-0.2, -0.15) is 11.8 Å². The first-order valence-corrected chi connectivity index (χ1v) is 12.0. The molecule has 0 aliphatic carbocycles. The molecule has 1 aromatic heterocycles. The topological polar surface area (TPSA) is 80.3 Å². The average Bonchev–Trinajstić information content (AvgIpc) is 3.16. The molecule has 1 unspecified atom stereocenters. The molecule has 3 aromatic rings. The zero-order chi connectivity index (χ0) is 22.2. The van der Waals surface area contributed by atoms with E-state index in [-0.39, 0.29) is 11.8 Å². The van der Waals surface area contributed by atoms with E-state index in [0.29, 0.717) is 17.1 Å². The molecule has 0 spiro atoms. The van der Waals surface area contributed by atoms with Gasteiger partial charge in [-0.25, -0.2) is 4.98 Å². The molecule has 1 heterocycles. The van der Waals surface area contributed by atoms with Crippen LogP contribution < -0.4 is 15.4 Å². The summed E-state index contributed by atoms with van der Waals surface area (Å²) in [6, 6.07) is 15.9. The second-order valence-electron chi connectivity index (χ2n) is 6.82. The number of aromatic nitrogens is 1. The Hall–Kier alpha value is -2.84. The number of thioether (sulfide) groups is 1. The van der Waals surface area contributed by atoms with Crippen molar-refractivity contribution < 1.29 is 14.3 Å². The Morgan fingerprint density at radius 3 is 2.48 bits per heavy atom. The second-order valence-corrected chi connectivity index (χ2v) is 9.00. The molecule has 2 amide bonds. The van der Waals surface area contributed by atoms with Crippen LogP contribution in [0.1, 0.15) is 21.7 Å². The van der Waals surface area contributed by atoms with Crippen LogP contribution in [-0.4, -0.2) is 42.0 Å². The van der Waals surface area contributed by atoms with Gasteiger partial charge in [-0.15, -0.1) is 11.3 Å². The van der Waals surface area contributed by atoms with Crippen LogP contribution in [-0.2, 0) is 4.79 Å². The van der Waals surface area contributed by atoms with Gasteiger partial charge in [0, 0.05) is 16.0 Å². The monoisotopic (exact) mass is 455 g/mol. The van der Waals surface area contributed by atoms with Crippen molar-refractivity contribution in [1.29, 1.82) is 0 Å². The summed E-state index contributed by atoms with van der Waals surface area (Å²) in [6.45, 7) is 1.97. The number of hydrogen-bond acceptors (Lipinski definition) is 6. The number of carbonyl (C=O) groups is 2. The highest BCUT2D eigenvalue weighted by Crippen LogP contribution is 2.31. The van der Waals surface area contributed by atoms with Gasteiger partial charge in [0.25, 0.3) is 5.91 Å². The molecule has 2 aromatic carbocycles. The Bertz CT molecular complexity index is 1020. The van der Waals surface area contributed by atoms with Crippen LogP contribution in [0, 0.1) is 6.92 Å². The van der Waals surface area contributed by atoms with E-state index in [1.807, 2.05) is 43.5 Å². The van der Waals surface area contributed by atoms with E-state index in [1.54, 1.807) is 43.1 Å². The zero-order valence-corrected chi connectivity index (χ0v) is 19.3. The predicted molar refractivity (Wildman–Crippen MR) is 128 cm³/mol. The Labute approximate surface area is 190 Å². The van der Waals surface area contributed by atoms with Crippen molar-refractivity contribution in [1.82, 2.24) is 10.3 Å². The van der Waals surface area contributed by atoms with Gasteiger partial charge >= 0.3 is 0 Å². The van der Waals surface area contributed by atoms with Gasteiger partial charge in [-0.1, -0.05) is 18.2 Å². The standard InChI is InChI=1S/C23H25N3O3S2/c1-15-20(16-9-11-18(29-2)12-10-16)25-23(31-15)26-22(28)19(13-14-30-3)24-21(27)17-7-5-4-6-8-17/h4-12,19H,13-14H2,1-3H3,(H,24,27)(H,25,26,28). The number of aryl methyl sites for hydroxylation is 1. The van der Waals surface area contributed by atoms with E-state index >= 15 is 0 Å². The third-order valence-electron chi connectivity index (χ3n) is 4.66. The van der Waals surface area contributed by atoms with Gasteiger partial charge in [0.15, 0.2) is 5.13 Å². The highest BCUT2D eigenvalue weighted by atomic mass is 32.2. The molecule has 0 bridgehead atoms. The van der Waals surface area contributed by atoms with Crippen LogP contribution in [0.2, 0.25) is 0 Å². The van der Waals surface area contributed by atoms with Crippen molar-refractivity contribution >= 4 is 40.0 Å². The van der Waals surface area contributed by atoms with Crippen LogP contribution in [0.25, 0.3) is 11.3 Å². The molecule has 2 N–H and O–H groups in total. The van der Waals surface area contributed by atoms with Crippen LogP contribution in [0.5, 0.6) is 5.75 Å². The fourth-order valence-electron chi connectivity index (χ4n) is 2.99. The molecule has 6 nitrogen and oxygen atoms in total. The molecule has 0 saturated heterocycles. The third kappa shape index (κ3) is 6.08. The van der Waals surface area contributed by atoms with Crippen molar-refractivity contribution in [3.05, 3.63) is 65.0 Å². The molecule has 31 heavy (non-hydrogen) atoms. The van der Waals surface area contributed by atoms with Crippen LogP contribution in [0.15, 0.2) is 54.6 Å². The fraction of sp³-hybridized carbons (Fsp3) is 0.261. The van der Waals surface area contributed by atoms with E-state index in [2.05, 4.69) is 15.6 Å². The number of nitrogens with zero attached hydrogens (tertiary/aromatic N) is 1. The highest BCUT2D eigenvalue weighted by Gasteiger charge is 2.23. The molecule has 0 aliphatic heterocycles. The molecule has 162 valence electrons. The summed E-state index contributed by atoms with van der Waals surface area (Å²) >= 11 is 3.04. The molecule has 3 rings (SSSR count). The van der Waals surface area contributed by atoms with E-state index in [1.165, 1.54) is 11.3 Å². The number of ether oxygens (including phenoxy) is 1. The summed E-state index contributed by atoms with van der Waals surface area (Å²) in [5.41, 5.74) is 2.29. The van der Waals surface area contributed by atoms with E-state index in [9.17, 15) is 9.59 Å². The fourth-order valence-corrected chi connectivity index (χ4v) is 4.30. The van der Waals surface area contributed by atoms with Crippen molar-refractivity contribution in [3.63, 3.8) is 0 Å². The molecular weight excluding hydrogens is 430 g/mol. The van der Waals surface area contributed by atoms with E-state index in [4.69, 9.17) is 4.74 Å². The van der Waals surface area contributed by atoms with Gasteiger partial charge in [0.2, 0.25) is 5.91 Å². The number of benzene rings is 2. The largest absolute Gasteiger partial charge is 0.497 e. The molecule has 0 fully saturated rings. The van der Waals surface area contributed by atoms with Crippen LogP contribution in [0.4, 0.5) is 5.13 Å². The summed E-state index contributed by atoms with van der Waals surface area (Å²) in [4.78, 5) is 31.1. The van der Waals surface area contributed by atoms with E-state index in [0.717, 1.165) is 27.6 Å². The van der Waals surface area contributed by atoms with Crippen molar-refractivity contribution in [2.75, 3.05) is 24.4 Å². The Balaban J connectivity index is 1.72. The number of rotatable bonds is 9. The van der Waals surface area contributed by atoms with Gasteiger partial charge in [0.1, 0.15) is 11.8 Å². The summed E-state index contributed by atoms with van der Waals surface area (Å²) < 4.78 is 5.20. The smallest absolute Gasteiger partial charge is 0.251 e. The van der Waals surface area contributed by atoms with Crippen molar-refractivity contribution in [2.24, 2.45) is 0 Å². The SMILES string of the molecule is COc1ccc(-c2nc(NC(=O)C(CCSC)NC(=O)c3ccccc3)sc2C)cc1. The lowest BCUT2D eigenvalue weighted by atomic mass is 10.1. The average molecular weight is 456 g/mol. The summed E-state index contributed by atoms with van der Waals surface area (Å²) in [5.74, 6) is 0.988. The number of thiazole rings is 1. The maximum atomic E-state index is 12.9. The van der Waals surface area contributed by atoms with Gasteiger partial charge < -0.3 is 15.4 Å². The summed E-state index contributed by atoms with van der Waals surface area (Å²) in [6.07, 6.45) is 2.50. The maximum absolute atomic E-state index is 12.9. The molecular formula is C23H25N3O3S2. The first kappa shape index (κ1) is 22.8. The lowest BCUT2D eigenvalue weighted by Crippen LogP contribution is -2.44. The maximum Gasteiger partial charge on any atom is 0.251 e. The molecule has 1 atom stereocenters. The minimum Gasteiger partial charge on any atom is -0.497 e. The first-order valence-electron chi connectivity index (χ1n) is 9.79. The number of nitrogens with one attached hydrogen (secondary N) is 2. The second kappa shape index (κ2) is 11.0. The van der Waals surface area contributed by atoms with Gasteiger partial charge in [-0.3, -0.25) is 9.59 Å². The Morgan fingerprint density at radius 2 is 1.84 bits per heavy atom. The van der Waals surface area contributed by atoms with Gasteiger partial charge in [0.05, 0.1) is 12.8 Å². The number of hydrogen-bond donors (Lipinski definition) is 2. The predicted octanol–water partition coefficient (Wildman–Crippen LogP) is 4.62. The Kier molecular flexibility index (Phi) is 8.08. The number of methoxy groups -OCH3 is 1. The number of anilines is 1. The molecule has 0 radical (unpaired) electrons. The summed E-state index contributed by atoms with van der Waals surface area (Å²) in [7, 11) is 1.63. The van der Waals surface area contributed by atoms with E-state index < -0.39 is 6.04 Å². The van der Waals surface area contributed by atoms with Crippen molar-refractivity contribution in [2.45, 2.75) is 19.4 Å². The zero-order valence-electron chi connectivity index (χ0n) is 17.7. The number of carbonyl (C=O) groups excluding carboxylic acids is 2. The lowest BCUT2D eigenvalue weighted by Gasteiger charge is -2.17. The van der Waals surface area contributed by atoms with Crippen LogP contribution >= 0.6 is 23.1 Å². The molecule has 8 heteroatoms. The summed E-state index contributed by atoms with van der Waals surface area (Å²) in [5, 5.41) is 6.24. The quantitative estimate of drug-likeness (QED) is 0.492. The third-order valence-corrected chi connectivity index (χ3v) is 6.19. The normalized spacial score (nSPS) is 11.6. The molecule has 0 saturated carbocycles. The van der Waals surface area contributed by atoms with Crippen LogP contribution in [0.3, 0.4) is 0 Å². The highest BCUT2D eigenvalue weighted by molar-refractivity contribution is 7.98. The van der Waals surface area contributed by atoms with Gasteiger partial charge in [-0.05, 0) is 61.8 Å². The number of amides is 2. The minimum absolute atomic E-state index is 0.268. The minimum atomic E-state index is -0.645. The molecule has 0 aliphatic rings. The Morgan fingerprint density at radius 1 is 1.13 bits per heavy atom. The lowest BCUT2D eigenvalue weighted by molar-refractivity contribution is -0.118. The first-order chi connectivity index (χ1) is 15.0. The van der Waals surface area contributed by atoms with Crippen molar-refractivity contribution in [3.8, 4) is 17.0 Å².